The molecule has 0 fully saturated rings. The second kappa shape index (κ2) is 7.88. The Morgan fingerprint density at radius 1 is 1.12 bits per heavy atom. The zero-order chi connectivity index (χ0) is 18.5. The van der Waals surface area contributed by atoms with E-state index < -0.39 is 0 Å². The van der Waals surface area contributed by atoms with Crippen LogP contribution < -0.4 is 10.7 Å². The first-order chi connectivity index (χ1) is 12.5. The van der Waals surface area contributed by atoms with E-state index >= 15 is 0 Å². The van der Waals surface area contributed by atoms with Gasteiger partial charge in [-0.25, -0.2) is 9.67 Å². The van der Waals surface area contributed by atoms with Crippen molar-refractivity contribution in [2.75, 3.05) is 5.32 Å². The summed E-state index contributed by atoms with van der Waals surface area (Å²) in [5.74, 6) is 0. The van der Waals surface area contributed by atoms with Crippen molar-refractivity contribution in [1.29, 1.82) is 0 Å². The van der Waals surface area contributed by atoms with Gasteiger partial charge in [-0.1, -0.05) is 24.3 Å². The highest BCUT2D eigenvalue weighted by Crippen LogP contribution is 2.17. The van der Waals surface area contributed by atoms with Crippen molar-refractivity contribution in [3.63, 3.8) is 0 Å². The van der Waals surface area contributed by atoms with E-state index in [1.807, 2.05) is 43.3 Å². The fourth-order valence-electron chi connectivity index (χ4n) is 2.43. The Labute approximate surface area is 158 Å². The molecule has 3 rings (SSSR count). The molecule has 0 radical (unpaired) electrons. The summed E-state index contributed by atoms with van der Waals surface area (Å²) >= 11 is 5.33. The predicted molar refractivity (Wildman–Crippen MR) is 109 cm³/mol. The maximum atomic E-state index is 5.33. The minimum Gasteiger partial charge on any atom is -0.331 e. The van der Waals surface area contributed by atoms with E-state index in [0.29, 0.717) is 5.11 Å². The average molecular weight is 364 g/mol. The van der Waals surface area contributed by atoms with Gasteiger partial charge in [0, 0.05) is 5.69 Å². The molecule has 0 aliphatic rings. The van der Waals surface area contributed by atoms with Crippen molar-refractivity contribution in [2.24, 2.45) is 5.10 Å². The standard InChI is InChI=1S/C19H20N6S/c1-13-5-4-6-18(14(13)2)22-19(26)24-23-15(3)16-7-9-17(10-8-16)25-12-20-11-21-25/h4-12H,1-3H3,(H2,22,24,26)/b23-15+. The van der Waals surface area contributed by atoms with Gasteiger partial charge in [-0.3, -0.25) is 5.43 Å². The quantitative estimate of drug-likeness (QED) is 0.421. The molecule has 0 amide bonds. The van der Waals surface area contributed by atoms with Crippen LogP contribution in [0.5, 0.6) is 0 Å². The lowest BCUT2D eigenvalue weighted by molar-refractivity contribution is 0.879. The topological polar surface area (TPSA) is 67.1 Å². The first kappa shape index (κ1) is 17.8. The molecular weight excluding hydrogens is 344 g/mol. The van der Waals surface area contributed by atoms with Crippen molar-refractivity contribution in [1.82, 2.24) is 20.2 Å². The van der Waals surface area contributed by atoms with Crippen LogP contribution in [0.4, 0.5) is 5.69 Å². The van der Waals surface area contributed by atoms with Gasteiger partial charge < -0.3 is 5.32 Å². The molecule has 1 aromatic heterocycles. The second-order valence-electron chi connectivity index (χ2n) is 5.90. The van der Waals surface area contributed by atoms with E-state index in [2.05, 4.69) is 45.8 Å². The number of nitrogens with zero attached hydrogens (tertiary/aromatic N) is 4. The highest BCUT2D eigenvalue weighted by Gasteiger charge is 2.04. The van der Waals surface area contributed by atoms with Crippen LogP contribution in [0.25, 0.3) is 5.69 Å². The summed E-state index contributed by atoms with van der Waals surface area (Å²) in [5.41, 5.74) is 9.03. The van der Waals surface area contributed by atoms with Gasteiger partial charge in [-0.15, -0.1) is 0 Å². The molecule has 0 bridgehead atoms. The van der Waals surface area contributed by atoms with E-state index in [9.17, 15) is 0 Å². The number of aryl methyl sites for hydroxylation is 1. The Morgan fingerprint density at radius 3 is 2.58 bits per heavy atom. The molecule has 0 spiro atoms. The third-order valence-corrected chi connectivity index (χ3v) is 4.34. The van der Waals surface area contributed by atoms with Crippen LogP contribution in [0.2, 0.25) is 0 Å². The van der Waals surface area contributed by atoms with Crippen LogP contribution in [0.15, 0.2) is 60.2 Å². The lowest BCUT2D eigenvalue weighted by Gasteiger charge is -2.12. The third-order valence-electron chi connectivity index (χ3n) is 4.15. The van der Waals surface area contributed by atoms with E-state index in [1.54, 1.807) is 11.0 Å². The van der Waals surface area contributed by atoms with Crippen molar-refractivity contribution < 1.29 is 0 Å². The van der Waals surface area contributed by atoms with Crippen LogP contribution in [0, 0.1) is 13.8 Å². The summed E-state index contributed by atoms with van der Waals surface area (Å²) in [6.07, 6.45) is 3.17. The number of hydrogen-bond acceptors (Lipinski definition) is 4. The normalized spacial score (nSPS) is 11.3. The zero-order valence-electron chi connectivity index (χ0n) is 14.9. The molecule has 0 aliphatic heterocycles. The van der Waals surface area contributed by atoms with Gasteiger partial charge in [0.2, 0.25) is 0 Å². The monoisotopic (exact) mass is 364 g/mol. The van der Waals surface area contributed by atoms with E-state index in [-0.39, 0.29) is 0 Å². The molecule has 1 heterocycles. The van der Waals surface area contributed by atoms with Crippen LogP contribution >= 0.6 is 12.2 Å². The van der Waals surface area contributed by atoms with E-state index in [4.69, 9.17) is 12.2 Å². The van der Waals surface area contributed by atoms with Crippen molar-refractivity contribution in [2.45, 2.75) is 20.8 Å². The average Bonchev–Trinajstić information content (AvgIpc) is 3.18. The molecule has 26 heavy (non-hydrogen) atoms. The maximum Gasteiger partial charge on any atom is 0.191 e. The lowest BCUT2D eigenvalue weighted by Crippen LogP contribution is -2.25. The molecule has 0 saturated heterocycles. The van der Waals surface area contributed by atoms with Gasteiger partial charge in [-0.05, 0) is 67.9 Å². The molecule has 7 heteroatoms. The first-order valence-electron chi connectivity index (χ1n) is 8.17. The van der Waals surface area contributed by atoms with Crippen molar-refractivity contribution in [3.8, 4) is 5.69 Å². The third kappa shape index (κ3) is 4.12. The minimum absolute atomic E-state index is 0.456. The summed E-state index contributed by atoms with van der Waals surface area (Å²) in [5, 5.41) is 12.1. The van der Waals surface area contributed by atoms with E-state index in [1.165, 1.54) is 17.5 Å². The predicted octanol–water partition coefficient (Wildman–Crippen LogP) is 3.59. The van der Waals surface area contributed by atoms with Crippen molar-refractivity contribution >= 4 is 28.7 Å². The molecular formula is C19H20N6S. The van der Waals surface area contributed by atoms with Crippen LogP contribution in [-0.4, -0.2) is 25.6 Å². The number of rotatable bonds is 4. The number of hydrazone groups is 1. The molecule has 3 aromatic rings. The summed E-state index contributed by atoms with van der Waals surface area (Å²) in [6, 6.07) is 14.0. The number of benzene rings is 2. The van der Waals surface area contributed by atoms with E-state index in [0.717, 1.165) is 22.6 Å². The second-order valence-corrected chi connectivity index (χ2v) is 6.31. The number of anilines is 1. The summed E-state index contributed by atoms with van der Waals surface area (Å²) in [6.45, 7) is 6.06. The molecule has 0 aliphatic carbocycles. The Balaban J connectivity index is 1.64. The van der Waals surface area contributed by atoms with Gasteiger partial charge in [0.1, 0.15) is 12.7 Å². The van der Waals surface area contributed by atoms with Crippen molar-refractivity contribution in [3.05, 3.63) is 71.8 Å². The molecule has 6 nitrogen and oxygen atoms in total. The molecule has 2 N–H and O–H groups in total. The minimum atomic E-state index is 0.456. The van der Waals surface area contributed by atoms with Gasteiger partial charge in [-0.2, -0.15) is 10.2 Å². The largest absolute Gasteiger partial charge is 0.331 e. The van der Waals surface area contributed by atoms with Crippen LogP contribution in [-0.2, 0) is 0 Å². The first-order valence-corrected chi connectivity index (χ1v) is 8.58. The highest BCUT2D eigenvalue weighted by atomic mass is 32.1. The molecule has 0 saturated carbocycles. The lowest BCUT2D eigenvalue weighted by atomic mass is 10.1. The molecule has 132 valence electrons. The zero-order valence-corrected chi connectivity index (χ0v) is 15.7. The fraction of sp³-hybridized carbons (Fsp3) is 0.158. The van der Waals surface area contributed by atoms with Crippen LogP contribution in [0.1, 0.15) is 23.6 Å². The molecule has 0 atom stereocenters. The van der Waals surface area contributed by atoms with Gasteiger partial charge in [0.15, 0.2) is 5.11 Å². The Morgan fingerprint density at radius 2 is 1.88 bits per heavy atom. The fourth-order valence-corrected chi connectivity index (χ4v) is 2.59. The summed E-state index contributed by atoms with van der Waals surface area (Å²) in [4.78, 5) is 3.95. The number of thiocarbonyl (C=S) groups is 1. The molecule has 2 aromatic carbocycles. The van der Waals surface area contributed by atoms with Gasteiger partial charge in [0.25, 0.3) is 0 Å². The Kier molecular flexibility index (Phi) is 5.38. The molecule has 0 unspecified atom stereocenters. The smallest absolute Gasteiger partial charge is 0.191 e. The Bertz CT molecular complexity index is 929. The SMILES string of the molecule is C/C(=N\NC(=S)Nc1cccc(C)c1C)c1ccc(-n2cncn2)cc1. The number of hydrogen-bond donors (Lipinski definition) is 2. The summed E-state index contributed by atoms with van der Waals surface area (Å²) < 4.78 is 1.71. The number of aromatic nitrogens is 3. The van der Waals surface area contributed by atoms with Gasteiger partial charge in [0.05, 0.1) is 11.4 Å². The van der Waals surface area contributed by atoms with Gasteiger partial charge >= 0.3 is 0 Å². The Hall–Kier alpha value is -3.06. The van der Waals surface area contributed by atoms with Crippen LogP contribution in [0.3, 0.4) is 0 Å². The highest BCUT2D eigenvalue weighted by molar-refractivity contribution is 7.80. The maximum absolute atomic E-state index is 5.33. The summed E-state index contributed by atoms with van der Waals surface area (Å²) in [7, 11) is 0. The number of nitrogens with one attached hydrogen (secondary N) is 2.